The van der Waals surface area contributed by atoms with Crippen LogP contribution in [-0.2, 0) is 11.3 Å². The summed E-state index contributed by atoms with van der Waals surface area (Å²) in [5, 5.41) is 0. The van der Waals surface area contributed by atoms with Crippen molar-refractivity contribution in [2.24, 2.45) is 0 Å². The average molecular weight is 243 g/mol. The zero-order chi connectivity index (χ0) is 12.4. The van der Waals surface area contributed by atoms with E-state index in [4.69, 9.17) is 0 Å². The van der Waals surface area contributed by atoms with E-state index in [2.05, 4.69) is 4.98 Å². The minimum Gasteiger partial charge on any atom is -0.341 e. The van der Waals surface area contributed by atoms with Gasteiger partial charge in [0.2, 0.25) is 5.91 Å². The van der Waals surface area contributed by atoms with Gasteiger partial charge in [0.15, 0.2) is 0 Å². The Bertz CT molecular complexity index is 555. The van der Waals surface area contributed by atoms with Crippen molar-refractivity contribution in [2.75, 3.05) is 13.1 Å². The van der Waals surface area contributed by atoms with Crippen LogP contribution in [-0.4, -0.2) is 33.4 Å². The lowest BCUT2D eigenvalue weighted by molar-refractivity contribution is -0.132. The number of benzene rings is 1. The molecule has 0 spiro atoms. The summed E-state index contributed by atoms with van der Waals surface area (Å²) < 4.78 is 1.94. The van der Waals surface area contributed by atoms with E-state index >= 15 is 0 Å². The third-order valence-corrected chi connectivity index (χ3v) is 3.54. The molecule has 0 atom stereocenters. The third kappa shape index (κ3) is 2.10. The van der Waals surface area contributed by atoms with Crippen molar-refractivity contribution in [3.63, 3.8) is 0 Å². The van der Waals surface area contributed by atoms with Gasteiger partial charge in [-0.3, -0.25) is 4.79 Å². The largest absolute Gasteiger partial charge is 0.341 e. The molecule has 94 valence electrons. The Morgan fingerprint density at radius 3 is 2.78 bits per heavy atom. The molecule has 18 heavy (non-hydrogen) atoms. The van der Waals surface area contributed by atoms with Crippen LogP contribution in [0.1, 0.15) is 19.3 Å². The molecule has 1 fully saturated rings. The molecular formula is C14H17N3O. The molecule has 1 aliphatic heterocycles. The second-order valence-electron chi connectivity index (χ2n) is 4.80. The Labute approximate surface area is 106 Å². The number of para-hydroxylation sites is 2. The molecule has 0 unspecified atom stereocenters. The molecule has 4 heteroatoms. The van der Waals surface area contributed by atoms with Gasteiger partial charge in [-0.1, -0.05) is 12.1 Å². The summed E-state index contributed by atoms with van der Waals surface area (Å²) in [7, 11) is 0. The molecule has 3 rings (SSSR count). The summed E-state index contributed by atoms with van der Waals surface area (Å²) in [5.74, 6) is 0.206. The highest BCUT2D eigenvalue weighted by atomic mass is 16.2. The van der Waals surface area contributed by atoms with Crippen molar-refractivity contribution in [2.45, 2.75) is 25.8 Å². The highest BCUT2D eigenvalue weighted by Gasteiger charge is 2.17. The highest BCUT2D eigenvalue weighted by molar-refractivity contribution is 5.80. The number of likely N-dealkylation sites (tertiary alicyclic amines) is 1. The zero-order valence-electron chi connectivity index (χ0n) is 10.4. The number of rotatable bonds is 2. The summed E-state index contributed by atoms with van der Waals surface area (Å²) in [4.78, 5) is 18.5. The predicted molar refractivity (Wildman–Crippen MR) is 70.2 cm³/mol. The zero-order valence-corrected chi connectivity index (χ0v) is 10.4. The maximum Gasteiger partial charge on any atom is 0.242 e. The standard InChI is InChI=1S/C14H17N3O/c18-14(16-8-4-1-5-9-16)10-17-11-15-12-6-2-3-7-13(12)17/h2-3,6-7,11H,1,4-5,8-10H2. The molecule has 0 bridgehead atoms. The minimum absolute atomic E-state index is 0.206. The number of carbonyl (C=O) groups is 1. The maximum absolute atomic E-state index is 12.2. The van der Waals surface area contributed by atoms with Crippen LogP contribution in [0.15, 0.2) is 30.6 Å². The molecular weight excluding hydrogens is 226 g/mol. The van der Waals surface area contributed by atoms with Gasteiger partial charge in [0.1, 0.15) is 6.54 Å². The predicted octanol–water partition coefficient (Wildman–Crippen LogP) is 2.05. The van der Waals surface area contributed by atoms with Crippen LogP contribution in [0, 0.1) is 0 Å². The number of amides is 1. The molecule has 1 amide bonds. The van der Waals surface area contributed by atoms with Crippen LogP contribution in [0.4, 0.5) is 0 Å². The first kappa shape index (κ1) is 11.3. The molecule has 2 aromatic rings. The lowest BCUT2D eigenvalue weighted by Gasteiger charge is -2.26. The SMILES string of the molecule is O=C(Cn1cnc2ccccc21)N1CCCCC1. The van der Waals surface area contributed by atoms with Gasteiger partial charge >= 0.3 is 0 Å². The molecule has 1 saturated heterocycles. The van der Waals surface area contributed by atoms with Gasteiger partial charge in [0, 0.05) is 13.1 Å². The van der Waals surface area contributed by atoms with E-state index in [0.29, 0.717) is 6.54 Å². The molecule has 4 nitrogen and oxygen atoms in total. The van der Waals surface area contributed by atoms with Gasteiger partial charge in [0.25, 0.3) is 0 Å². The van der Waals surface area contributed by atoms with Gasteiger partial charge in [0.05, 0.1) is 17.4 Å². The van der Waals surface area contributed by atoms with Crippen LogP contribution in [0.3, 0.4) is 0 Å². The lowest BCUT2D eigenvalue weighted by atomic mass is 10.1. The lowest BCUT2D eigenvalue weighted by Crippen LogP contribution is -2.37. The van der Waals surface area contributed by atoms with Crippen molar-refractivity contribution in [1.82, 2.24) is 14.5 Å². The fraction of sp³-hybridized carbons (Fsp3) is 0.429. The molecule has 0 radical (unpaired) electrons. The second kappa shape index (κ2) is 4.80. The molecule has 0 aliphatic carbocycles. The Morgan fingerprint density at radius 1 is 1.17 bits per heavy atom. The molecule has 0 N–H and O–H groups in total. The maximum atomic E-state index is 12.2. The van der Waals surface area contributed by atoms with E-state index in [-0.39, 0.29) is 5.91 Å². The summed E-state index contributed by atoms with van der Waals surface area (Å²) in [6, 6.07) is 7.92. The van der Waals surface area contributed by atoms with Crippen molar-refractivity contribution >= 4 is 16.9 Å². The normalized spacial score (nSPS) is 16.1. The van der Waals surface area contributed by atoms with Crippen LogP contribution >= 0.6 is 0 Å². The van der Waals surface area contributed by atoms with Gasteiger partial charge in [-0.15, -0.1) is 0 Å². The summed E-state index contributed by atoms with van der Waals surface area (Å²) in [5.41, 5.74) is 1.98. The number of aromatic nitrogens is 2. The average Bonchev–Trinajstić information content (AvgIpc) is 2.83. The van der Waals surface area contributed by atoms with Crippen LogP contribution in [0.5, 0.6) is 0 Å². The van der Waals surface area contributed by atoms with Gasteiger partial charge in [-0.2, -0.15) is 0 Å². The number of nitrogens with zero attached hydrogens (tertiary/aromatic N) is 3. The fourth-order valence-electron chi connectivity index (χ4n) is 2.53. The number of hydrogen-bond acceptors (Lipinski definition) is 2. The minimum atomic E-state index is 0.206. The number of carbonyl (C=O) groups excluding carboxylic acids is 1. The van der Waals surface area contributed by atoms with Gasteiger partial charge in [-0.25, -0.2) is 4.98 Å². The molecule has 1 aromatic carbocycles. The van der Waals surface area contributed by atoms with E-state index in [1.807, 2.05) is 33.7 Å². The van der Waals surface area contributed by atoms with Gasteiger partial charge < -0.3 is 9.47 Å². The summed E-state index contributed by atoms with van der Waals surface area (Å²) >= 11 is 0. The van der Waals surface area contributed by atoms with E-state index in [1.54, 1.807) is 6.33 Å². The van der Waals surface area contributed by atoms with Crippen LogP contribution in [0.25, 0.3) is 11.0 Å². The van der Waals surface area contributed by atoms with Crippen molar-refractivity contribution < 1.29 is 4.79 Å². The first-order valence-corrected chi connectivity index (χ1v) is 6.52. The number of imidazole rings is 1. The molecule has 2 heterocycles. The smallest absolute Gasteiger partial charge is 0.242 e. The van der Waals surface area contributed by atoms with Crippen LogP contribution in [0.2, 0.25) is 0 Å². The van der Waals surface area contributed by atoms with Crippen molar-refractivity contribution in [3.8, 4) is 0 Å². The number of piperidine rings is 1. The van der Waals surface area contributed by atoms with E-state index in [0.717, 1.165) is 37.0 Å². The highest BCUT2D eigenvalue weighted by Crippen LogP contribution is 2.13. The van der Waals surface area contributed by atoms with Crippen molar-refractivity contribution in [1.29, 1.82) is 0 Å². The summed E-state index contributed by atoms with van der Waals surface area (Å²) in [6.45, 7) is 2.22. The quantitative estimate of drug-likeness (QED) is 0.809. The molecule has 1 aromatic heterocycles. The van der Waals surface area contributed by atoms with Gasteiger partial charge in [-0.05, 0) is 31.4 Å². The first-order valence-electron chi connectivity index (χ1n) is 6.52. The third-order valence-electron chi connectivity index (χ3n) is 3.54. The Morgan fingerprint density at radius 2 is 1.94 bits per heavy atom. The Hall–Kier alpha value is -1.84. The fourth-order valence-corrected chi connectivity index (χ4v) is 2.53. The number of fused-ring (bicyclic) bond motifs is 1. The monoisotopic (exact) mass is 243 g/mol. The van der Waals surface area contributed by atoms with E-state index in [9.17, 15) is 4.79 Å². The molecule has 0 saturated carbocycles. The van der Waals surface area contributed by atoms with Crippen LogP contribution < -0.4 is 0 Å². The molecule has 1 aliphatic rings. The second-order valence-corrected chi connectivity index (χ2v) is 4.80. The van der Waals surface area contributed by atoms with E-state index < -0.39 is 0 Å². The van der Waals surface area contributed by atoms with E-state index in [1.165, 1.54) is 6.42 Å². The first-order chi connectivity index (χ1) is 8.84. The number of hydrogen-bond donors (Lipinski definition) is 0. The summed E-state index contributed by atoms with van der Waals surface area (Å²) in [6.07, 6.45) is 5.27. The Kier molecular flexibility index (Phi) is 3.00. The Balaban J connectivity index is 1.77. The van der Waals surface area contributed by atoms with Crippen molar-refractivity contribution in [3.05, 3.63) is 30.6 Å². The topological polar surface area (TPSA) is 38.1 Å².